The Morgan fingerprint density at radius 2 is 1.79 bits per heavy atom. The van der Waals surface area contributed by atoms with Crippen LogP contribution in [0.4, 0.5) is 0 Å². The van der Waals surface area contributed by atoms with Crippen molar-refractivity contribution >= 4 is 45.6 Å². The fraction of sp³-hybridized carbons (Fsp3) is 0.294. The van der Waals surface area contributed by atoms with Crippen LogP contribution in [0.2, 0.25) is 25.7 Å². The molecule has 0 radical (unpaired) electrons. The number of ether oxygens (including phenoxy) is 1. The van der Waals surface area contributed by atoms with Crippen LogP contribution in [0.3, 0.4) is 0 Å². The average Bonchev–Trinajstić information content (AvgIpc) is 3.57. The number of aryl methyl sites for hydroxylation is 3. The number of hydrogen-bond acceptors (Lipinski definition) is 5. The molecule has 0 aliphatic rings. The van der Waals surface area contributed by atoms with Gasteiger partial charge in [-0.1, -0.05) is 56.9 Å². The number of aromatic nitrogens is 3. The summed E-state index contributed by atoms with van der Waals surface area (Å²) >= 11 is 0. The quantitative estimate of drug-likeness (QED) is 0.120. The molecule has 2 heterocycles. The first-order valence-corrected chi connectivity index (χ1v) is 19.6. The fourth-order valence-corrected chi connectivity index (χ4v) is 7.60. The summed E-state index contributed by atoms with van der Waals surface area (Å²) < 4.78 is 37.2. The van der Waals surface area contributed by atoms with Gasteiger partial charge < -0.3 is 4.74 Å². The van der Waals surface area contributed by atoms with Crippen LogP contribution in [0.1, 0.15) is 40.6 Å². The SMILES string of the molecule is C=C(c1c(CC)cc(C)c2c1ccn2S(=O)(=O)c1ccc(C)cc1)c1nc2ccc(C#N)cc2n1COCC[Si](C)(C)C. The molecule has 222 valence electrons. The lowest BCUT2D eigenvalue weighted by atomic mass is 9.92. The van der Waals surface area contributed by atoms with Crippen molar-refractivity contribution in [3.8, 4) is 6.07 Å². The van der Waals surface area contributed by atoms with Gasteiger partial charge in [0, 0.05) is 31.8 Å². The molecule has 0 spiro atoms. The molecule has 0 bridgehead atoms. The molecular weight excluding hydrogens is 573 g/mol. The van der Waals surface area contributed by atoms with Crippen molar-refractivity contribution in [1.82, 2.24) is 13.5 Å². The highest BCUT2D eigenvalue weighted by molar-refractivity contribution is 7.90. The van der Waals surface area contributed by atoms with E-state index >= 15 is 0 Å². The zero-order chi connectivity index (χ0) is 31.1. The number of rotatable bonds is 10. The van der Waals surface area contributed by atoms with Crippen LogP contribution in [0.15, 0.2) is 72.3 Å². The highest BCUT2D eigenvalue weighted by atomic mass is 32.2. The predicted molar refractivity (Wildman–Crippen MR) is 177 cm³/mol. The molecule has 7 nitrogen and oxygen atoms in total. The van der Waals surface area contributed by atoms with E-state index in [-0.39, 0.29) is 11.6 Å². The highest BCUT2D eigenvalue weighted by Crippen LogP contribution is 2.37. The zero-order valence-corrected chi connectivity index (χ0v) is 27.5. The maximum Gasteiger partial charge on any atom is 0.268 e. The van der Waals surface area contributed by atoms with Gasteiger partial charge in [-0.15, -0.1) is 0 Å². The van der Waals surface area contributed by atoms with Crippen molar-refractivity contribution in [1.29, 1.82) is 5.26 Å². The van der Waals surface area contributed by atoms with Crippen molar-refractivity contribution < 1.29 is 13.2 Å². The number of benzene rings is 3. The van der Waals surface area contributed by atoms with Crippen LogP contribution in [0.25, 0.3) is 27.5 Å². The Bertz CT molecular complexity index is 2010. The third kappa shape index (κ3) is 5.83. The van der Waals surface area contributed by atoms with Gasteiger partial charge >= 0.3 is 0 Å². The van der Waals surface area contributed by atoms with E-state index in [2.05, 4.69) is 45.3 Å². The molecule has 5 rings (SSSR count). The summed E-state index contributed by atoms with van der Waals surface area (Å²) in [5.74, 6) is 0.632. The number of imidazole rings is 1. The molecule has 0 saturated carbocycles. The van der Waals surface area contributed by atoms with Crippen LogP contribution < -0.4 is 0 Å². The monoisotopic (exact) mass is 610 g/mol. The van der Waals surface area contributed by atoms with E-state index in [0.717, 1.165) is 51.1 Å². The maximum atomic E-state index is 13.8. The summed E-state index contributed by atoms with van der Waals surface area (Å²) in [6, 6.07) is 19.5. The summed E-state index contributed by atoms with van der Waals surface area (Å²) in [6.07, 6.45) is 2.36. The van der Waals surface area contributed by atoms with Gasteiger partial charge in [0.25, 0.3) is 10.0 Å². The van der Waals surface area contributed by atoms with E-state index in [1.54, 1.807) is 24.4 Å². The van der Waals surface area contributed by atoms with Crippen molar-refractivity contribution in [2.24, 2.45) is 0 Å². The highest BCUT2D eigenvalue weighted by Gasteiger charge is 2.25. The minimum Gasteiger partial charge on any atom is -0.361 e. The zero-order valence-electron chi connectivity index (χ0n) is 25.7. The van der Waals surface area contributed by atoms with E-state index in [9.17, 15) is 13.7 Å². The normalized spacial score (nSPS) is 12.2. The van der Waals surface area contributed by atoms with E-state index < -0.39 is 18.1 Å². The summed E-state index contributed by atoms with van der Waals surface area (Å²) in [5, 5.41) is 10.4. The smallest absolute Gasteiger partial charge is 0.268 e. The van der Waals surface area contributed by atoms with Crippen molar-refractivity contribution in [3.63, 3.8) is 0 Å². The largest absolute Gasteiger partial charge is 0.361 e. The van der Waals surface area contributed by atoms with Gasteiger partial charge in [0.05, 0.1) is 33.1 Å². The summed E-state index contributed by atoms with van der Waals surface area (Å²) in [6.45, 7) is 18.3. The van der Waals surface area contributed by atoms with Gasteiger partial charge in [-0.3, -0.25) is 4.57 Å². The molecule has 0 N–H and O–H groups in total. The molecule has 9 heteroatoms. The number of hydrogen-bond donors (Lipinski definition) is 0. The average molecular weight is 611 g/mol. The standard InChI is InChI=1S/C34H38N4O3SSi/c1-8-27-19-24(3)33-29(15-16-38(33)42(39,40)28-12-9-23(2)10-13-28)32(27)25(4)34-36-30-14-11-26(21-35)20-31(30)37(34)22-41-17-18-43(5,6)7/h9-16,19-20H,4,8,17-18,22H2,1-3,5-7H3. The second-order valence-electron chi connectivity index (χ2n) is 12.3. The van der Waals surface area contributed by atoms with Crippen LogP contribution in [-0.4, -0.2) is 36.6 Å². The predicted octanol–water partition coefficient (Wildman–Crippen LogP) is 7.65. The summed E-state index contributed by atoms with van der Waals surface area (Å²) in [4.78, 5) is 5.20. The Morgan fingerprint density at radius 3 is 2.44 bits per heavy atom. The van der Waals surface area contributed by atoms with Crippen LogP contribution >= 0.6 is 0 Å². The van der Waals surface area contributed by atoms with Crippen LogP contribution in [0, 0.1) is 25.2 Å². The van der Waals surface area contributed by atoms with Gasteiger partial charge in [-0.2, -0.15) is 5.26 Å². The molecular formula is C34H38N4O3SSi. The lowest BCUT2D eigenvalue weighted by molar-refractivity contribution is 0.0893. The first-order valence-electron chi connectivity index (χ1n) is 14.5. The molecule has 5 aromatic rings. The third-order valence-electron chi connectivity index (χ3n) is 7.83. The summed E-state index contributed by atoms with van der Waals surface area (Å²) in [5.41, 5.74) is 7.15. The van der Waals surface area contributed by atoms with Crippen LogP contribution in [-0.2, 0) is 27.9 Å². The lowest BCUT2D eigenvalue weighted by Crippen LogP contribution is -2.22. The van der Waals surface area contributed by atoms with E-state index in [4.69, 9.17) is 9.72 Å². The molecule has 0 atom stereocenters. The number of nitrogens with zero attached hydrogens (tertiary/aromatic N) is 4. The van der Waals surface area contributed by atoms with E-state index in [1.807, 2.05) is 48.7 Å². The Morgan fingerprint density at radius 1 is 1.07 bits per heavy atom. The second kappa shape index (κ2) is 11.6. The minimum atomic E-state index is -3.83. The van der Waals surface area contributed by atoms with Crippen molar-refractivity contribution in [2.45, 2.75) is 64.5 Å². The molecule has 3 aromatic carbocycles. The molecule has 0 aliphatic heterocycles. The third-order valence-corrected chi connectivity index (χ3v) is 11.2. The first kappa shape index (κ1) is 30.5. The molecule has 0 unspecified atom stereocenters. The van der Waals surface area contributed by atoms with Gasteiger partial charge in [0.2, 0.25) is 0 Å². The molecule has 0 aliphatic carbocycles. The van der Waals surface area contributed by atoms with Gasteiger partial charge in [0.15, 0.2) is 0 Å². The molecule has 2 aromatic heterocycles. The minimum absolute atomic E-state index is 0.237. The van der Waals surface area contributed by atoms with Crippen LogP contribution in [0.5, 0.6) is 0 Å². The molecule has 43 heavy (non-hydrogen) atoms. The molecule has 0 saturated heterocycles. The molecule has 0 amide bonds. The topological polar surface area (TPSA) is 89.9 Å². The Hall–Kier alpha value is -3.97. The molecule has 0 fully saturated rings. The van der Waals surface area contributed by atoms with Gasteiger partial charge in [-0.25, -0.2) is 17.4 Å². The van der Waals surface area contributed by atoms with Crippen molar-refractivity contribution in [2.75, 3.05) is 6.61 Å². The summed E-state index contributed by atoms with van der Waals surface area (Å²) in [7, 11) is -5.12. The fourth-order valence-electron chi connectivity index (χ4n) is 5.44. The Balaban J connectivity index is 1.67. The van der Waals surface area contributed by atoms with Crippen molar-refractivity contribution in [3.05, 3.63) is 101 Å². The number of nitriles is 1. The van der Waals surface area contributed by atoms with Gasteiger partial charge in [0.1, 0.15) is 12.6 Å². The first-order chi connectivity index (χ1) is 20.4. The lowest BCUT2D eigenvalue weighted by Gasteiger charge is -2.18. The Labute approximate surface area is 255 Å². The second-order valence-corrected chi connectivity index (χ2v) is 19.7. The van der Waals surface area contributed by atoms with Gasteiger partial charge in [-0.05, 0) is 79.4 Å². The van der Waals surface area contributed by atoms with E-state index in [1.165, 1.54) is 3.97 Å². The maximum absolute atomic E-state index is 13.8. The van der Waals surface area contributed by atoms with E-state index in [0.29, 0.717) is 29.1 Å². The Kier molecular flexibility index (Phi) is 8.23. The number of fused-ring (bicyclic) bond motifs is 2.